The Bertz CT molecular complexity index is 995. The van der Waals surface area contributed by atoms with Crippen LogP contribution in [0.15, 0.2) is 40.7 Å². The highest BCUT2D eigenvalue weighted by atomic mass is 32.2. The monoisotopic (exact) mass is 448 g/mol. The molecule has 1 aromatic heterocycles. The van der Waals surface area contributed by atoms with Crippen LogP contribution in [0.1, 0.15) is 0 Å². The van der Waals surface area contributed by atoms with E-state index in [0.29, 0.717) is 22.9 Å². The smallest absolute Gasteiger partial charge is 0.316 e. The number of thioether (sulfide) groups is 1. The Morgan fingerprint density at radius 1 is 1.07 bits per heavy atom. The van der Waals surface area contributed by atoms with Gasteiger partial charge in [-0.3, -0.25) is 9.59 Å². The van der Waals surface area contributed by atoms with Gasteiger partial charge in [0, 0.05) is 17.8 Å². The van der Waals surface area contributed by atoms with Gasteiger partial charge in [-0.2, -0.15) is 0 Å². The number of amides is 1. The number of para-hydroxylation sites is 1. The molecule has 0 unspecified atom stereocenters. The van der Waals surface area contributed by atoms with Gasteiger partial charge in [-0.05, 0) is 12.1 Å². The maximum absolute atomic E-state index is 12.1. The van der Waals surface area contributed by atoms with Crippen molar-refractivity contribution in [1.29, 1.82) is 0 Å². The lowest BCUT2D eigenvalue weighted by molar-refractivity contribution is -0.144. The Hall–Kier alpha value is -2.98. The molecule has 3 aromatic rings. The molecule has 0 aliphatic rings. The molecule has 1 N–H and O–H groups in total. The molecule has 10 heteroatoms. The third-order valence-electron chi connectivity index (χ3n) is 3.90. The van der Waals surface area contributed by atoms with Crippen molar-refractivity contribution in [1.82, 2.24) is 4.98 Å². The second kappa shape index (κ2) is 10.2. The largest absolute Gasteiger partial charge is 0.493 e. The predicted octanol–water partition coefficient (Wildman–Crippen LogP) is 3.60. The number of fused-ring (bicyclic) bond motifs is 1. The average molecular weight is 449 g/mol. The van der Waals surface area contributed by atoms with Gasteiger partial charge >= 0.3 is 5.97 Å². The van der Waals surface area contributed by atoms with Gasteiger partial charge in [0.15, 0.2) is 22.4 Å². The van der Waals surface area contributed by atoms with Crippen molar-refractivity contribution >= 4 is 50.9 Å². The summed E-state index contributed by atoms with van der Waals surface area (Å²) in [6, 6.07) is 10.9. The summed E-state index contributed by atoms with van der Waals surface area (Å²) < 4.78 is 22.6. The van der Waals surface area contributed by atoms with E-state index in [4.69, 9.17) is 18.9 Å². The third kappa shape index (κ3) is 5.33. The summed E-state index contributed by atoms with van der Waals surface area (Å²) in [7, 11) is 4.45. The van der Waals surface area contributed by atoms with E-state index in [-0.39, 0.29) is 5.75 Å². The molecule has 0 aliphatic heterocycles. The standard InChI is InChI=1S/C20H20N2O6S2/c1-25-14-8-12(9-15(26-2)19(14)27-3)21-17(23)10-28-18(24)11-29-20-22-13-6-4-5-7-16(13)30-20/h4-9H,10-11H2,1-3H3,(H,21,23). The number of anilines is 1. The quantitative estimate of drug-likeness (QED) is 0.392. The Kier molecular flexibility index (Phi) is 7.36. The van der Waals surface area contributed by atoms with Crippen LogP contribution in [0.2, 0.25) is 0 Å². The van der Waals surface area contributed by atoms with E-state index in [2.05, 4.69) is 10.3 Å². The van der Waals surface area contributed by atoms with Crippen molar-refractivity contribution in [3.8, 4) is 17.2 Å². The summed E-state index contributed by atoms with van der Waals surface area (Å²) in [4.78, 5) is 28.6. The first-order valence-electron chi connectivity index (χ1n) is 8.78. The van der Waals surface area contributed by atoms with E-state index in [1.54, 1.807) is 12.1 Å². The normalized spacial score (nSPS) is 10.5. The number of nitrogens with zero attached hydrogens (tertiary/aromatic N) is 1. The molecule has 0 saturated carbocycles. The number of carbonyl (C=O) groups excluding carboxylic acids is 2. The van der Waals surface area contributed by atoms with E-state index in [1.165, 1.54) is 44.4 Å². The minimum absolute atomic E-state index is 0.0667. The predicted molar refractivity (Wildman–Crippen MR) is 116 cm³/mol. The molecule has 0 aliphatic carbocycles. The zero-order valence-corrected chi connectivity index (χ0v) is 18.2. The van der Waals surface area contributed by atoms with Crippen molar-refractivity contribution in [2.45, 2.75) is 4.34 Å². The summed E-state index contributed by atoms with van der Waals surface area (Å²) >= 11 is 2.78. The second-order valence-electron chi connectivity index (χ2n) is 5.86. The van der Waals surface area contributed by atoms with Gasteiger partial charge in [0.25, 0.3) is 5.91 Å². The maximum Gasteiger partial charge on any atom is 0.316 e. The topological polar surface area (TPSA) is 96.0 Å². The first kappa shape index (κ1) is 21.7. The number of methoxy groups -OCH3 is 3. The molecule has 0 saturated heterocycles. The lowest BCUT2D eigenvalue weighted by Crippen LogP contribution is -2.21. The number of aromatic nitrogens is 1. The summed E-state index contributed by atoms with van der Waals surface area (Å²) in [5.41, 5.74) is 1.32. The van der Waals surface area contributed by atoms with Gasteiger partial charge < -0.3 is 24.3 Å². The lowest BCUT2D eigenvalue weighted by atomic mass is 10.2. The molecule has 30 heavy (non-hydrogen) atoms. The minimum atomic E-state index is -0.501. The minimum Gasteiger partial charge on any atom is -0.493 e. The second-order valence-corrected chi connectivity index (χ2v) is 8.11. The fourth-order valence-corrected chi connectivity index (χ4v) is 4.44. The number of carbonyl (C=O) groups is 2. The summed E-state index contributed by atoms with van der Waals surface area (Å²) in [6.45, 7) is -0.407. The molecule has 0 spiro atoms. The Labute approximate surface area is 181 Å². The van der Waals surface area contributed by atoms with Gasteiger partial charge in [0.2, 0.25) is 5.75 Å². The zero-order valence-electron chi connectivity index (χ0n) is 16.6. The van der Waals surface area contributed by atoms with Crippen LogP contribution in [0.4, 0.5) is 5.69 Å². The Morgan fingerprint density at radius 3 is 2.40 bits per heavy atom. The van der Waals surface area contributed by atoms with E-state index in [1.807, 2.05) is 24.3 Å². The SMILES string of the molecule is COc1cc(NC(=O)COC(=O)CSc2nc3ccccc3s2)cc(OC)c1OC. The van der Waals surface area contributed by atoms with E-state index >= 15 is 0 Å². The van der Waals surface area contributed by atoms with Crippen molar-refractivity contribution in [2.75, 3.05) is 39.0 Å². The van der Waals surface area contributed by atoms with Crippen LogP contribution < -0.4 is 19.5 Å². The molecule has 1 amide bonds. The van der Waals surface area contributed by atoms with Crippen LogP contribution in [-0.4, -0.2) is 50.5 Å². The van der Waals surface area contributed by atoms with Crippen LogP contribution in [0.25, 0.3) is 10.2 Å². The van der Waals surface area contributed by atoms with E-state index < -0.39 is 18.5 Å². The van der Waals surface area contributed by atoms with Gasteiger partial charge in [-0.25, -0.2) is 4.98 Å². The van der Waals surface area contributed by atoms with Crippen LogP contribution in [-0.2, 0) is 14.3 Å². The fraction of sp³-hybridized carbons (Fsp3) is 0.250. The number of hydrogen-bond donors (Lipinski definition) is 1. The molecule has 158 valence electrons. The molecule has 3 rings (SSSR count). The number of benzene rings is 2. The lowest BCUT2D eigenvalue weighted by Gasteiger charge is -2.14. The first-order chi connectivity index (χ1) is 14.5. The maximum atomic E-state index is 12.1. The zero-order chi connectivity index (χ0) is 21.5. The average Bonchev–Trinajstić information content (AvgIpc) is 3.18. The fourth-order valence-electron chi connectivity index (χ4n) is 2.57. The van der Waals surface area contributed by atoms with Gasteiger partial charge in [0.1, 0.15) is 0 Å². The number of hydrogen-bond acceptors (Lipinski definition) is 9. The highest BCUT2D eigenvalue weighted by molar-refractivity contribution is 8.01. The van der Waals surface area contributed by atoms with Crippen LogP contribution in [0, 0.1) is 0 Å². The van der Waals surface area contributed by atoms with Gasteiger partial charge in [-0.1, -0.05) is 23.9 Å². The van der Waals surface area contributed by atoms with Gasteiger partial charge in [0.05, 0.1) is 37.3 Å². The number of thiazole rings is 1. The molecule has 0 bridgehead atoms. The van der Waals surface area contributed by atoms with Crippen molar-refractivity contribution in [3.05, 3.63) is 36.4 Å². The summed E-state index contributed by atoms with van der Waals surface area (Å²) in [6.07, 6.45) is 0. The number of esters is 1. The van der Waals surface area contributed by atoms with Crippen molar-refractivity contribution in [2.24, 2.45) is 0 Å². The van der Waals surface area contributed by atoms with Gasteiger partial charge in [-0.15, -0.1) is 11.3 Å². The molecule has 0 radical (unpaired) electrons. The molecule has 1 heterocycles. The summed E-state index contributed by atoms with van der Waals surface area (Å²) in [5, 5.41) is 2.64. The Balaban J connectivity index is 1.50. The molecule has 0 atom stereocenters. The van der Waals surface area contributed by atoms with Crippen LogP contribution >= 0.6 is 23.1 Å². The highest BCUT2D eigenvalue weighted by Crippen LogP contribution is 2.39. The molecule has 2 aromatic carbocycles. The number of nitrogens with one attached hydrogen (secondary N) is 1. The highest BCUT2D eigenvalue weighted by Gasteiger charge is 2.15. The first-order valence-corrected chi connectivity index (χ1v) is 10.6. The number of ether oxygens (including phenoxy) is 4. The van der Waals surface area contributed by atoms with Crippen molar-refractivity contribution in [3.63, 3.8) is 0 Å². The van der Waals surface area contributed by atoms with Crippen LogP contribution in [0.5, 0.6) is 17.2 Å². The molecule has 0 fully saturated rings. The molecular weight excluding hydrogens is 428 g/mol. The molecular formula is C20H20N2O6S2. The summed E-state index contributed by atoms with van der Waals surface area (Å²) in [5.74, 6) is 0.294. The Morgan fingerprint density at radius 2 is 1.77 bits per heavy atom. The van der Waals surface area contributed by atoms with Crippen molar-refractivity contribution < 1.29 is 28.5 Å². The molecule has 8 nitrogen and oxygen atoms in total. The van der Waals surface area contributed by atoms with E-state index in [0.717, 1.165) is 14.6 Å². The number of rotatable bonds is 9. The van der Waals surface area contributed by atoms with E-state index in [9.17, 15) is 9.59 Å². The van der Waals surface area contributed by atoms with Crippen LogP contribution in [0.3, 0.4) is 0 Å². The third-order valence-corrected chi connectivity index (χ3v) is 6.05.